The number of carbonyl (C=O) groups excluding carboxylic acids is 1. The van der Waals surface area contributed by atoms with E-state index < -0.39 is 0 Å². The molecule has 5 nitrogen and oxygen atoms in total. The van der Waals surface area contributed by atoms with Gasteiger partial charge < -0.3 is 11.1 Å². The number of nitrogen functional groups attached to an aromatic ring is 1. The summed E-state index contributed by atoms with van der Waals surface area (Å²) in [7, 11) is 0. The Hall–Kier alpha value is -1.52. The van der Waals surface area contributed by atoms with Crippen molar-refractivity contribution in [2.24, 2.45) is 0 Å². The van der Waals surface area contributed by atoms with Gasteiger partial charge in [-0.25, -0.2) is 0 Å². The molecule has 0 saturated heterocycles. The van der Waals surface area contributed by atoms with Crippen LogP contribution in [-0.4, -0.2) is 16.1 Å². The van der Waals surface area contributed by atoms with Crippen molar-refractivity contribution in [3.8, 4) is 0 Å². The maximum absolute atomic E-state index is 11.5. The van der Waals surface area contributed by atoms with Crippen LogP contribution in [0.5, 0.6) is 0 Å². The largest absolute Gasteiger partial charge is 0.394 e. The fourth-order valence-corrected chi connectivity index (χ4v) is 1.44. The molecule has 0 radical (unpaired) electrons. The van der Waals surface area contributed by atoms with Crippen LogP contribution in [0.2, 0.25) is 0 Å². The predicted octanol–water partition coefficient (Wildman–Crippen LogP) is 2.21. The van der Waals surface area contributed by atoms with Gasteiger partial charge in [-0.15, -0.1) is 0 Å². The van der Waals surface area contributed by atoms with E-state index in [0.717, 1.165) is 18.5 Å². The fraction of sp³-hybridized carbons (Fsp3) is 0.636. The smallest absolute Gasteiger partial charge is 0.225 e. The van der Waals surface area contributed by atoms with Crippen LogP contribution in [0, 0.1) is 6.92 Å². The molecular formula is C11H20N4O. The van der Waals surface area contributed by atoms with E-state index in [0.29, 0.717) is 17.9 Å². The van der Waals surface area contributed by atoms with Gasteiger partial charge in [-0.05, 0) is 13.3 Å². The Kier molecular flexibility index (Phi) is 4.82. The molecule has 0 bridgehead atoms. The molecule has 1 heterocycles. The molecule has 5 heteroatoms. The number of carbonyl (C=O) groups is 1. The molecule has 1 aromatic rings. The van der Waals surface area contributed by atoms with Gasteiger partial charge in [-0.3, -0.25) is 9.89 Å². The lowest BCUT2D eigenvalue weighted by atomic mass is 10.1. The van der Waals surface area contributed by atoms with Gasteiger partial charge in [0.15, 0.2) is 5.82 Å². The molecule has 0 aliphatic heterocycles. The summed E-state index contributed by atoms with van der Waals surface area (Å²) in [6.07, 6.45) is 4.90. The lowest BCUT2D eigenvalue weighted by Gasteiger charge is -2.02. The number of unbranched alkanes of at least 4 members (excludes halogenated alkanes) is 3. The molecule has 1 amide bonds. The third-order valence-electron chi connectivity index (χ3n) is 2.51. The van der Waals surface area contributed by atoms with E-state index in [1.165, 1.54) is 12.8 Å². The average Bonchev–Trinajstić information content (AvgIpc) is 2.56. The van der Waals surface area contributed by atoms with Gasteiger partial charge in [-0.2, -0.15) is 5.10 Å². The molecule has 0 spiro atoms. The Morgan fingerprint density at radius 2 is 2.19 bits per heavy atom. The van der Waals surface area contributed by atoms with Gasteiger partial charge in [0.2, 0.25) is 5.91 Å². The highest BCUT2D eigenvalue weighted by Gasteiger charge is 2.09. The molecule has 16 heavy (non-hydrogen) atoms. The summed E-state index contributed by atoms with van der Waals surface area (Å²) in [6.45, 7) is 3.96. The zero-order valence-electron chi connectivity index (χ0n) is 9.97. The van der Waals surface area contributed by atoms with Crippen LogP contribution in [0.1, 0.15) is 44.7 Å². The van der Waals surface area contributed by atoms with Crippen LogP contribution < -0.4 is 11.1 Å². The van der Waals surface area contributed by atoms with Gasteiger partial charge >= 0.3 is 0 Å². The lowest BCUT2D eigenvalue weighted by molar-refractivity contribution is -0.116. The number of hydrogen-bond donors (Lipinski definition) is 3. The second-order valence-corrected chi connectivity index (χ2v) is 3.97. The Bertz CT molecular complexity index is 346. The lowest BCUT2D eigenvalue weighted by Crippen LogP contribution is -2.12. The highest BCUT2D eigenvalue weighted by molar-refractivity contribution is 5.92. The highest BCUT2D eigenvalue weighted by atomic mass is 16.1. The first-order valence-electron chi connectivity index (χ1n) is 5.75. The molecule has 1 aromatic heterocycles. The number of nitrogens with one attached hydrogen (secondary N) is 2. The van der Waals surface area contributed by atoms with Crippen LogP contribution in [-0.2, 0) is 4.79 Å². The third kappa shape index (κ3) is 3.56. The SMILES string of the molecule is CCCCCCC(=O)Nc1n[nH]c(C)c1N. The molecule has 0 unspecified atom stereocenters. The standard InChI is InChI=1S/C11H20N4O/c1-3-4-5-6-7-9(16)13-11-10(12)8(2)14-15-11/h3-7,12H2,1-2H3,(H2,13,14,15,16). The number of aromatic nitrogens is 2. The summed E-state index contributed by atoms with van der Waals surface area (Å²) in [4.78, 5) is 11.5. The zero-order chi connectivity index (χ0) is 12.0. The van der Waals surface area contributed by atoms with E-state index in [1.54, 1.807) is 0 Å². The third-order valence-corrected chi connectivity index (χ3v) is 2.51. The van der Waals surface area contributed by atoms with Gasteiger partial charge in [0, 0.05) is 6.42 Å². The predicted molar refractivity (Wildman–Crippen MR) is 65.1 cm³/mol. The molecule has 0 aliphatic rings. The first kappa shape index (κ1) is 12.5. The quantitative estimate of drug-likeness (QED) is 0.648. The van der Waals surface area contributed by atoms with Crippen molar-refractivity contribution in [2.75, 3.05) is 11.1 Å². The number of nitrogens with zero attached hydrogens (tertiary/aromatic N) is 1. The maximum Gasteiger partial charge on any atom is 0.225 e. The zero-order valence-corrected chi connectivity index (χ0v) is 9.97. The van der Waals surface area contributed by atoms with Crippen LogP contribution in [0.3, 0.4) is 0 Å². The minimum Gasteiger partial charge on any atom is -0.394 e. The highest BCUT2D eigenvalue weighted by Crippen LogP contribution is 2.18. The van der Waals surface area contributed by atoms with Crippen molar-refractivity contribution in [3.63, 3.8) is 0 Å². The molecule has 90 valence electrons. The Labute approximate surface area is 95.8 Å². The molecule has 0 aliphatic carbocycles. The molecule has 1 rings (SSSR count). The molecular weight excluding hydrogens is 204 g/mol. The summed E-state index contributed by atoms with van der Waals surface area (Å²) in [5, 5.41) is 9.35. The van der Waals surface area contributed by atoms with E-state index >= 15 is 0 Å². The van der Waals surface area contributed by atoms with E-state index in [4.69, 9.17) is 5.73 Å². The Morgan fingerprint density at radius 1 is 1.44 bits per heavy atom. The van der Waals surface area contributed by atoms with Crippen LogP contribution in [0.15, 0.2) is 0 Å². The summed E-state index contributed by atoms with van der Waals surface area (Å²) in [6, 6.07) is 0. The number of rotatable bonds is 6. The van der Waals surface area contributed by atoms with Crippen LogP contribution in [0.25, 0.3) is 0 Å². The summed E-state index contributed by atoms with van der Waals surface area (Å²) in [5.41, 5.74) is 7.01. The van der Waals surface area contributed by atoms with Gasteiger partial charge in [0.25, 0.3) is 0 Å². The minimum absolute atomic E-state index is 0.0192. The number of hydrogen-bond acceptors (Lipinski definition) is 3. The van der Waals surface area contributed by atoms with Crippen molar-refractivity contribution in [1.82, 2.24) is 10.2 Å². The summed E-state index contributed by atoms with van der Waals surface area (Å²) in [5.74, 6) is 0.423. The first-order chi connectivity index (χ1) is 7.65. The number of amides is 1. The maximum atomic E-state index is 11.5. The van der Waals surface area contributed by atoms with Crippen molar-refractivity contribution in [1.29, 1.82) is 0 Å². The van der Waals surface area contributed by atoms with E-state index in [1.807, 2.05) is 6.92 Å². The number of H-pyrrole nitrogens is 1. The first-order valence-corrected chi connectivity index (χ1v) is 5.75. The van der Waals surface area contributed by atoms with Gasteiger partial charge in [0.1, 0.15) is 0 Å². The van der Waals surface area contributed by atoms with Crippen LogP contribution >= 0.6 is 0 Å². The topological polar surface area (TPSA) is 83.8 Å². The van der Waals surface area contributed by atoms with Crippen molar-refractivity contribution in [2.45, 2.75) is 46.0 Å². The molecule has 0 saturated carbocycles. The number of aromatic amines is 1. The Balaban J connectivity index is 2.31. The van der Waals surface area contributed by atoms with Gasteiger partial charge in [-0.1, -0.05) is 26.2 Å². The van der Waals surface area contributed by atoms with Crippen molar-refractivity contribution in [3.05, 3.63) is 5.69 Å². The summed E-state index contributed by atoms with van der Waals surface area (Å²) < 4.78 is 0. The molecule has 0 fully saturated rings. The number of anilines is 2. The second-order valence-electron chi connectivity index (χ2n) is 3.97. The van der Waals surface area contributed by atoms with E-state index in [9.17, 15) is 4.79 Å². The molecule has 0 aromatic carbocycles. The van der Waals surface area contributed by atoms with Crippen molar-refractivity contribution >= 4 is 17.4 Å². The van der Waals surface area contributed by atoms with Crippen molar-refractivity contribution < 1.29 is 4.79 Å². The number of nitrogens with two attached hydrogens (primary N) is 1. The Morgan fingerprint density at radius 3 is 2.75 bits per heavy atom. The van der Waals surface area contributed by atoms with Crippen LogP contribution in [0.4, 0.5) is 11.5 Å². The summed E-state index contributed by atoms with van der Waals surface area (Å²) >= 11 is 0. The monoisotopic (exact) mass is 224 g/mol. The average molecular weight is 224 g/mol. The molecule has 0 atom stereocenters. The van der Waals surface area contributed by atoms with E-state index in [-0.39, 0.29) is 5.91 Å². The minimum atomic E-state index is -0.0192. The fourth-order valence-electron chi connectivity index (χ4n) is 1.44. The van der Waals surface area contributed by atoms with E-state index in [2.05, 4.69) is 22.4 Å². The normalized spacial score (nSPS) is 10.4. The molecule has 4 N–H and O–H groups in total. The van der Waals surface area contributed by atoms with Gasteiger partial charge in [0.05, 0.1) is 11.4 Å². The number of aryl methyl sites for hydroxylation is 1. The second kappa shape index (κ2) is 6.15.